The number of anilines is 2. The molecule has 4 nitrogen and oxygen atoms in total. The SMILES string of the molecule is Cc1cc(SNc2cscn2)cnc1N(C)C. The molecule has 0 atom stereocenters. The summed E-state index contributed by atoms with van der Waals surface area (Å²) >= 11 is 3.10. The summed E-state index contributed by atoms with van der Waals surface area (Å²) in [5, 5.41) is 1.97. The van der Waals surface area contributed by atoms with Crippen molar-refractivity contribution in [1.29, 1.82) is 0 Å². The van der Waals surface area contributed by atoms with Gasteiger partial charge in [-0.15, -0.1) is 11.3 Å². The van der Waals surface area contributed by atoms with E-state index in [1.165, 1.54) is 17.5 Å². The molecule has 2 aromatic rings. The minimum absolute atomic E-state index is 0.884. The van der Waals surface area contributed by atoms with Gasteiger partial charge in [0.1, 0.15) is 11.6 Å². The van der Waals surface area contributed by atoms with E-state index in [0.717, 1.165) is 16.5 Å². The number of aryl methyl sites for hydroxylation is 1. The van der Waals surface area contributed by atoms with E-state index >= 15 is 0 Å². The Bertz CT molecular complexity index is 482. The minimum atomic E-state index is 0.884. The van der Waals surface area contributed by atoms with E-state index in [0.29, 0.717) is 0 Å². The molecule has 1 N–H and O–H groups in total. The summed E-state index contributed by atoms with van der Waals surface area (Å²) in [7, 11) is 3.99. The monoisotopic (exact) mass is 266 g/mol. The first-order valence-electron chi connectivity index (χ1n) is 5.12. The Morgan fingerprint density at radius 2 is 2.18 bits per heavy atom. The van der Waals surface area contributed by atoms with Crippen LogP contribution in [0.3, 0.4) is 0 Å². The molecule has 0 saturated heterocycles. The maximum absolute atomic E-state index is 4.42. The van der Waals surface area contributed by atoms with Crippen molar-refractivity contribution in [3.63, 3.8) is 0 Å². The van der Waals surface area contributed by atoms with Gasteiger partial charge in [0.15, 0.2) is 0 Å². The molecule has 6 heteroatoms. The van der Waals surface area contributed by atoms with Crippen molar-refractivity contribution < 1.29 is 0 Å². The molecule has 17 heavy (non-hydrogen) atoms. The van der Waals surface area contributed by atoms with Crippen molar-refractivity contribution in [3.05, 3.63) is 28.7 Å². The highest BCUT2D eigenvalue weighted by atomic mass is 32.2. The molecule has 0 amide bonds. The van der Waals surface area contributed by atoms with Gasteiger partial charge < -0.3 is 9.62 Å². The molecule has 0 spiro atoms. The number of pyridine rings is 1. The summed E-state index contributed by atoms with van der Waals surface area (Å²) in [4.78, 5) is 11.7. The zero-order valence-electron chi connectivity index (χ0n) is 9.97. The maximum Gasteiger partial charge on any atom is 0.147 e. The number of rotatable bonds is 4. The third-order valence-electron chi connectivity index (χ3n) is 2.15. The van der Waals surface area contributed by atoms with Gasteiger partial charge in [0.25, 0.3) is 0 Å². The fourth-order valence-electron chi connectivity index (χ4n) is 1.44. The van der Waals surface area contributed by atoms with Crippen LogP contribution in [0.4, 0.5) is 11.6 Å². The van der Waals surface area contributed by atoms with Crippen molar-refractivity contribution in [1.82, 2.24) is 9.97 Å². The van der Waals surface area contributed by atoms with Crippen molar-refractivity contribution in [3.8, 4) is 0 Å². The number of nitrogens with one attached hydrogen (secondary N) is 1. The van der Waals surface area contributed by atoms with Crippen LogP contribution in [-0.2, 0) is 0 Å². The molecule has 0 aromatic carbocycles. The fraction of sp³-hybridized carbons (Fsp3) is 0.273. The zero-order chi connectivity index (χ0) is 12.3. The number of hydrogen-bond donors (Lipinski definition) is 1. The summed E-state index contributed by atoms with van der Waals surface area (Å²) in [5.41, 5.74) is 2.97. The molecule has 0 aliphatic carbocycles. The predicted octanol–water partition coefficient (Wildman–Crippen LogP) is 3.03. The molecule has 0 fully saturated rings. The molecule has 2 rings (SSSR count). The zero-order valence-corrected chi connectivity index (χ0v) is 11.6. The first kappa shape index (κ1) is 12.2. The van der Waals surface area contributed by atoms with Crippen LogP contribution in [0.1, 0.15) is 5.56 Å². The largest absolute Gasteiger partial charge is 0.363 e. The quantitative estimate of drug-likeness (QED) is 0.861. The Hall–Kier alpha value is -1.27. The Morgan fingerprint density at radius 3 is 2.76 bits per heavy atom. The molecule has 0 bridgehead atoms. The third kappa shape index (κ3) is 3.10. The van der Waals surface area contributed by atoms with Gasteiger partial charge in [0.2, 0.25) is 0 Å². The van der Waals surface area contributed by atoms with Crippen LogP contribution < -0.4 is 9.62 Å². The molecule has 0 unspecified atom stereocenters. The molecule has 0 aliphatic rings. The number of nitrogens with zero attached hydrogens (tertiary/aromatic N) is 3. The van der Waals surface area contributed by atoms with Gasteiger partial charge in [-0.25, -0.2) is 9.97 Å². The fourth-order valence-corrected chi connectivity index (χ4v) is 2.67. The highest BCUT2D eigenvalue weighted by molar-refractivity contribution is 8.00. The first-order chi connectivity index (χ1) is 8.16. The van der Waals surface area contributed by atoms with Crippen molar-refractivity contribution in [2.45, 2.75) is 11.8 Å². The first-order valence-corrected chi connectivity index (χ1v) is 6.88. The van der Waals surface area contributed by atoms with Gasteiger partial charge in [-0.1, -0.05) is 0 Å². The molecule has 0 saturated carbocycles. The van der Waals surface area contributed by atoms with Crippen LogP contribution in [0, 0.1) is 6.92 Å². The maximum atomic E-state index is 4.42. The second kappa shape index (κ2) is 5.37. The predicted molar refractivity (Wildman–Crippen MR) is 74.9 cm³/mol. The van der Waals surface area contributed by atoms with Crippen LogP contribution in [0.2, 0.25) is 0 Å². The van der Waals surface area contributed by atoms with E-state index in [9.17, 15) is 0 Å². The van der Waals surface area contributed by atoms with Gasteiger partial charge in [0.05, 0.1) is 5.51 Å². The topological polar surface area (TPSA) is 41.1 Å². The van der Waals surface area contributed by atoms with Crippen LogP contribution in [-0.4, -0.2) is 24.1 Å². The second-order valence-corrected chi connectivity index (χ2v) is 5.38. The molecule has 90 valence electrons. The van der Waals surface area contributed by atoms with Crippen LogP contribution in [0.25, 0.3) is 0 Å². The summed E-state index contributed by atoms with van der Waals surface area (Å²) in [6.45, 7) is 2.06. The van der Waals surface area contributed by atoms with Crippen LogP contribution >= 0.6 is 23.3 Å². The van der Waals surface area contributed by atoms with Gasteiger partial charge in [0, 0.05) is 30.6 Å². The molecule has 2 aromatic heterocycles. The van der Waals surface area contributed by atoms with Crippen LogP contribution in [0.15, 0.2) is 28.0 Å². The Morgan fingerprint density at radius 1 is 1.35 bits per heavy atom. The van der Waals surface area contributed by atoms with Gasteiger partial charge >= 0.3 is 0 Å². The Labute approximate surface area is 109 Å². The lowest BCUT2D eigenvalue weighted by molar-refractivity contribution is 1.03. The summed E-state index contributed by atoms with van der Waals surface area (Å²) in [5.74, 6) is 1.89. The highest BCUT2D eigenvalue weighted by Crippen LogP contribution is 2.24. The third-order valence-corrected chi connectivity index (χ3v) is 3.51. The van der Waals surface area contributed by atoms with Crippen LogP contribution in [0.5, 0.6) is 0 Å². The average Bonchev–Trinajstić information content (AvgIpc) is 2.78. The van der Waals surface area contributed by atoms with E-state index in [1.807, 2.05) is 36.1 Å². The van der Waals surface area contributed by atoms with E-state index in [-0.39, 0.29) is 0 Å². The standard InChI is InChI=1S/C11H14N4S2/c1-8-4-9(5-12-11(8)15(2)3)17-14-10-6-16-7-13-10/h4-7,14H,1-3H3. The summed E-state index contributed by atoms with van der Waals surface area (Å²) in [6, 6.07) is 2.12. The molecule has 0 aliphatic heterocycles. The molecule has 0 radical (unpaired) electrons. The second-order valence-electron chi connectivity index (χ2n) is 3.78. The highest BCUT2D eigenvalue weighted by Gasteiger charge is 2.04. The van der Waals surface area contributed by atoms with Gasteiger partial charge in [-0.05, 0) is 30.5 Å². The minimum Gasteiger partial charge on any atom is -0.363 e. The van der Waals surface area contributed by atoms with Crippen molar-refractivity contribution in [2.24, 2.45) is 0 Å². The number of thiazole rings is 1. The lowest BCUT2D eigenvalue weighted by atomic mass is 10.3. The number of hydrogen-bond acceptors (Lipinski definition) is 6. The van der Waals surface area contributed by atoms with E-state index in [4.69, 9.17) is 0 Å². The lowest BCUT2D eigenvalue weighted by Crippen LogP contribution is -2.12. The smallest absolute Gasteiger partial charge is 0.147 e. The van der Waals surface area contributed by atoms with Crippen molar-refractivity contribution in [2.75, 3.05) is 23.7 Å². The lowest BCUT2D eigenvalue weighted by Gasteiger charge is -2.14. The van der Waals surface area contributed by atoms with Gasteiger partial charge in [-0.3, -0.25) is 0 Å². The van der Waals surface area contributed by atoms with E-state index in [1.54, 1.807) is 11.3 Å². The normalized spacial score (nSPS) is 10.3. The molecular formula is C11H14N4S2. The summed E-state index contributed by atoms with van der Waals surface area (Å²) in [6.07, 6.45) is 1.87. The molecular weight excluding hydrogens is 252 g/mol. The van der Waals surface area contributed by atoms with Crippen molar-refractivity contribution >= 4 is 34.9 Å². The van der Waals surface area contributed by atoms with E-state index in [2.05, 4.69) is 27.7 Å². The number of aromatic nitrogens is 2. The average molecular weight is 266 g/mol. The summed E-state index contributed by atoms with van der Waals surface area (Å²) < 4.78 is 3.18. The molecule has 2 heterocycles. The van der Waals surface area contributed by atoms with Gasteiger partial charge in [-0.2, -0.15) is 0 Å². The Kier molecular flexibility index (Phi) is 3.86. The Balaban J connectivity index is 2.05. The van der Waals surface area contributed by atoms with E-state index < -0.39 is 0 Å².